The molecule has 35 heavy (non-hydrogen) atoms. The first-order valence-corrected chi connectivity index (χ1v) is 11.9. The van der Waals surface area contributed by atoms with E-state index in [-0.39, 0.29) is 29.3 Å². The zero-order valence-electron chi connectivity index (χ0n) is 20.4. The summed E-state index contributed by atoms with van der Waals surface area (Å²) >= 11 is 1.39. The van der Waals surface area contributed by atoms with Crippen LogP contribution in [0.2, 0.25) is 0 Å². The molecule has 2 aromatic heterocycles. The van der Waals surface area contributed by atoms with E-state index in [0.717, 1.165) is 10.4 Å². The number of aryl methyl sites for hydroxylation is 1. The zero-order valence-corrected chi connectivity index (χ0v) is 21.2. The number of benzene rings is 1. The number of hydrogen-bond acceptors (Lipinski definition) is 7. The van der Waals surface area contributed by atoms with Gasteiger partial charge in [0, 0.05) is 30.6 Å². The number of carbonyl (C=O) groups excluding carboxylic acids is 3. The summed E-state index contributed by atoms with van der Waals surface area (Å²) in [6, 6.07) is 12.4. The summed E-state index contributed by atoms with van der Waals surface area (Å²) in [6.07, 6.45) is 2.28. The molecule has 0 fully saturated rings. The van der Waals surface area contributed by atoms with Crippen molar-refractivity contribution < 1.29 is 23.9 Å². The predicted molar refractivity (Wildman–Crippen MR) is 135 cm³/mol. The summed E-state index contributed by atoms with van der Waals surface area (Å²) in [6.45, 7) is 6.15. The quantitative estimate of drug-likeness (QED) is 0.428. The van der Waals surface area contributed by atoms with Crippen molar-refractivity contribution in [3.05, 3.63) is 70.4 Å². The van der Waals surface area contributed by atoms with Crippen LogP contribution in [-0.4, -0.2) is 36.9 Å². The van der Waals surface area contributed by atoms with Crippen LogP contribution in [0.4, 0.5) is 5.00 Å². The van der Waals surface area contributed by atoms with E-state index in [4.69, 9.17) is 9.47 Å². The number of aromatic nitrogens is 1. The van der Waals surface area contributed by atoms with Crippen molar-refractivity contribution in [1.29, 1.82) is 0 Å². The van der Waals surface area contributed by atoms with Crippen LogP contribution in [0.5, 0.6) is 11.5 Å². The largest absolute Gasteiger partial charge is 0.465 e. The van der Waals surface area contributed by atoms with Crippen molar-refractivity contribution in [3.63, 3.8) is 0 Å². The van der Waals surface area contributed by atoms with Crippen molar-refractivity contribution in [2.75, 3.05) is 19.5 Å². The Hall–Kier alpha value is -3.72. The number of carbonyl (C=O) groups is 3. The van der Waals surface area contributed by atoms with Crippen LogP contribution in [-0.2, 0) is 21.4 Å². The third kappa shape index (κ3) is 6.89. The number of anilines is 1. The number of ether oxygens (including phenoxy) is 2. The van der Waals surface area contributed by atoms with E-state index in [1.165, 1.54) is 31.7 Å². The van der Waals surface area contributed by atoms with Crippen LogP contribution in [0, 0.1) is 0 Å². The average Bonchev–Trinajstić information content (AvgIpc) is 3.27. The van der Waals surface area contributed by atoms with Crippen LogP contribution in [0.25, 0.3) is 0 Å². The van der Waals surface area contributed by atoms with Crippen LogP contribution < -0.4 is 15.4 Å². The summed E-state index contributed by atoms with van der Waals surface area (Å²) in [4.78, 5) is 41.5. The topological polar surface area (TPSA) is 107 Å². The monoisotopic (exact) mass is 495 g/mol. The molecule has 3 rings (SSSR count). The fraction of sp³-hybridized carbons (Fsp3) is 0.308. The highest BCUT2D eigenvalue weighted by atomic mass is 32.1. The van der Waals surface area contributed by atoms with Gasteiger partial charge in [0.1, 0.15) is 22.2 Å². The number of hydrogen-bond donors (Lipinski definition) is 2. The molecule has 0 aliphatic carbocycles. The lowest BCUT2D eigenvalue weighted by molar-refractivity contribution is -0.116. The Balaban J connectivity index is 1.60. The molecule has 1 aromatic carbocycles. The predicted octanol–water partition coefficient (Wildman–Crippen LogP) is 4.95. The number of nitrogens with zero attached hydrogens (tertiary/aromatic N) is 1. The van der Waals surface area contributed by atoms with Gasteiger partial charge in [-0.3, -0.25) is 14.6 Å². The van der Waals surface area contributed by atoms with E-state index in [1.54, 1.807) is 30.3 Å². The van der Waals surface area contributed by atoms with Gasteiger partial charge in [0.2, 0.25) is 5.91 Å². The number of esters is 1. The second-order valence-corrected chi connectivity index (χ2v) is 9.90. The molecular formula is C26H29N3O5S. The minimum absolute atomic E-state index is 0.152. The van der Waals surface area contributed by atoms with Gasteiger partial charge in [-0.1, -0.05) is 32.9 Å². The summed E-state index contributed by atoms with van der Waals surface area (Å²) in [5.74, 6) is 0.150. The van der Waals surface area contributed by atoms with E-state index >= 15 is 0 Å². The summed E-state index contributed by atoms with van der Waals surface area (Å²) in [5.41, 5.74) is 1.44. The molecule has 0 aliphatic heterocycles. The van der Waals surface area contributed by atoms with Crippen molar-refractivity contribution in [2.24, 2.45) is 0 Å². The Bertz CT molecular complexity index is 1210. The van der Waals surface area contributed by atoms with E-state index in [0.29, 0.717) is 28.5 Å². The van der Waals surface area contributed by atoms with Crippen LogP contribution in [0.3, 0.4) is 0 Å². The Morgan fingerprint density at radius 2 is 1.74 bits per heavy atom. The number of methoxy groups -OCH3 is 1. The van der Waals surface area contributed by atoms with Crippen LogP contribution in [0.15, 0.2) is 48.7 Å². The average molecular weight is 496 g/mol. The van der Waals surface area contributed by atoms with Gasteiger partial charge in [0.05, 0.1) is 12.7 Å². The normalized spacial score (nSPS) is 11.0. The molecule has 2 heterocycles. The van der Waals surface area contributed by atoms with Crippen LogP contribution in [0.1, 0.15) is 58.5 Å². The van der Waals surface area contributed by atoms with Gasteiger partial charge in [-0.2, -0.15) is 0 Å². The number of rotatable bonds is 8. The Morgan fingerprint density at radius 1 is 1.03 bits per heavy atom. The van der Waals surface area contributed by atoms with Gasteiger partial charge in [-0.15, -0.1) is 11.3 Å². The molecule has 9 heteroatoms. The molecule has 0 radical (unpaired) electrons. The molecule has 0 unspecified atom stereocenters. The molecule has 2 N–H and O–H groups in total. The lowest BCUT2D eigenvalue weighted by Crippen LogP contribution is -2.18. The molecule has 0 bridgehead atoms. The molecule has 8 nitrogen and oxygen atoms in total. The van der Waals surface area contributed by atoms with Gasteiger partial charge < -0.3 is 20.1 Å². The van der Waals surface area contributed by atoms with Crippen molar-refractivity contribution in [1.82, 2.24) is 10.3 Å². The highest BCUT2D eigenvalue weighted by molar-refractivity contribution is 7.16. The maximum absolute atomic E-state index is 12.6. The van der Waals surface area contributed by atoms with Gasteiger partial charge in [-0.05, 0) is 41.7 Å². The SMILES string of the molecule is CNC(=O)c1cc(Oc2ccc(CCC(=O)Nc3sc(C(C)(C)C)cc3C(=O)OC)cc2)ccn1. The number of pyridine rings is 1. The van der Waals surface area contributed by atoms with E-state index < -0.39 is 5.97 Å². The van der Waals surface area contributed by atoms with Crippen molar-refractivity contribution in [3.8, 4) is 11.5 Å². The highest BCUT2D eigenvalue weighted by Gasteiger charge is 2.24. The zero-order chi connectivity index (χ0) is 25.6. The molecule has 0 saturated heterocycles. The summed E-state index contributed by atoms with van der Waals surface area (Å²) in [5, 5.41) is 5.90. The third-order valence-corrected chi connectivity index (χ3v) is 6.60. The lowest BCUT2D eigenvalue weighted by atomic mass is 9.94. The molecule has 0 aliphatic rings. The molecule has 0 atom stereocenters. The van der Waals surface area contributed by atoms with Gasteiger partial charge >= 0.3 is 5.97 Å². The Kier molecular flexibility index (Phi) is 8.24. The summed E-state index contributed by atoms with van der Waals surface area (Å²) < 4.78 is 10.7. The second kappa shape index (κ2) is 11.1. The minimum atomic E-state index is -0.473. The molecule has 0 spiro atoms. The van der Waals surface area contributed by atoms with E-state index in [9.17, 15) is 14.4 Å². The number of nitrogens with one attached hydrogen (secondary N) is 2. The van der Waals surface area contributed by atoms with Crippen LogP contribution >= 0.6 is 11.3 Å². The third-order valence-electron chi connectivity index (χ3n) is 5.12. The second-order valence-electron chi connectivity index (χ2n) is 8.85. The first-order chi connectivity index (χ1) is 16.6. The first kappa shape index (κ1) is 25.9. The Morgan fingerprint density at radius 3 is 2.37 bits per heavy atom. The molecule has 2 amide bonds. The summed E-state index contributed by atoms with van der Waals surface area (Å²) in [7, 11) is 2.86. The van der Waals surface area contributed by atoms with Crippen molar-refractivity contribution >= 4 is 34.1 Å². The maximum Gasteiger partial charge on any atom is 0.340 e. The highest BCUT2D eigenvalue weighted by Crippen LogP contribution is 2.36. The smallest absolute Gasteiger partial charge is 0.340 e. The fourth-order valence-corrected chi connectivity index (χ4v) is 4.27. The molecular weight excluding hydrogens is 466 g/mol. The maximum atomic E-state index is 12.6. The van der Waals surface area contributed by atoms with Gasteiger partial charge in [-0.25, -0.2) is 4.79 Å². The molecule has 3 aromatic rings. The molecule has 0 saturated carbocycles. The van der Waals surface area contributed by atoms with Gasteiger partial charge in [0.15, 0.2) is 0 Å². The van der Waals surface area contributed by atoms with Crippen molar-refractivity contribution in [2.45, 2.75) is 39.0 Å². The van der Waals surface area contributed by atoms with E-state index in [1.807, 2.05) is 32.9 Å². The van der Waals surface area contributed by atoms with E-state index in [2.05, 4.69) is 15.6 Å². The number of amides is 2. The minimum Gasteiger partial charge on any atom is -0.465 e. The van der Waals surface area contributed by atoms with Gasteiger partial charge in [0.25, 0.3) is 5.91 Å². The number of thiophene rings is 1. The Labute approximate surface area is 208 Å². The standard InChI is InChI=1S/C26H29N3O5S/c1-26(2,3)21-15-19(25(32)33-5)24(35-21)29-22(30)11-8-16-6-9-17(10-7-16)34-18-12-13-28-20(14-18)23(31)27-4/h6-7,9-10,12-15H,8,11H2,1-5H3,(H,27,31)(H,29,30). The molecule has 184 valence electrons. The lowest BCUT2D eigenvalue weighted by Gasteiger charge is -2.15. The first-order valence-electron chi connectivity index (χ1n) is 11.1. The fourth-order valence-electron chi connectivity index (χ4n) is 3.15.